The number of carbonyl (C=O) groups excluding carboxylic acids is 11. The lowest BCUT2D eigenvalue weighted by atomic mass is 9.47. The molecule has 4 aromatic heterocycles. The molecule has 670 valence electrons. The summed E-state index contributed by atoms with van der Waals surface area (Å²) in [4.78, 5) is 169. The van der Waals surface area contributed by atoms with Crippen LogP contribution in [0.4, 0.5) is 10.5 Å². The molecule has 125 heavy (non-hydrogen) atoms. The number of carboxylic acids is 1. The van der Waals surface area contributed by atoms with E-state index in [1.54, 1.807) is 38.6 Å². The number of hydrogen-bond donors (Lipinski definition) is 11. The number of methoxy groups -OCH3 is 1. The molecule has 4 fully saturated rings. The Morgan fingerprint density at radius 3 is 2.26 bits per heavy atom. The number of anilines is 1. The lowest BCUT2D eigenvalue weighted by Crippen LogP contribution is -2.81. The zero-order valence-corrected chi connectivity index (χ0v) is 72.1. The number of ether oxygens (including phenoxy) is 3. The minimum Gasteiger partial charge on any atom is -0.496 e. The number of carboxylic acid groups (broad SMARTS) is 1. The van der Waals surface area contributed by atoms with Gasteiger partial charge >= 0.3 is 30.5 Å². The number of alkyl carbamates (subject to hydrolysis) is 1. The number of ketones is 3. The number of hydrogen-bond acceptors (Lipinski definition) is 32. The van der Waals surface area contributed by atoms with Crippen molar-refractivity contribution in [1.29, 1.82) is 0 Å². The molecule has 11 N–H and O–H groups in total. The van der Waals surface area contributed by atoms with Crippen LogP contribution >= 0.6 is 21.6 Å². The van der Waals surface area contributed by atoms with E-state index < -0.39 is 106 Å². The number of likely N-dealkylation sites (N-methyl/N-ethyl adjacent to an activating group) is 1. The van der Waals surface area contributed by atoms with Gasteiger partial charge in [0.05, 0.1) is 55.0 Å². The lowest BCUT2D eigenvalue weighted by Gasteiger charge is -2.63. The first-order chi connectivity index (χ1) is 59.9. The molecule has 2 bridgehead atoms. The van der Waals surface area contributed by atoms with Crippen molar-refractivity contribution in [2.24, 2.45) is 11.3 Å². The quantitative estimate of drug-likeness (QED) is 0.0120. The largest absolute Gasteiger partial charge is 0.496 e. The van der Waals surface area contributed by atoms with Crippen LogP contribution in [-0.2, 0) is 100 Å². The smallest absolute Gasteiger partial charge is 0.407 e. The summed E-state index contributed by atoms with van der Waals surface area (Å²) in [5, 5.41) is 94.6. The number of aromatic nitrogens is 8. The van der Waals surface area contributed by atoms with E-state index >= 15 is 4.79 Å². The van der Waals surface area contributed by atoms with Crippen molar-refractivity contribution in [3.05, 3.63) is 146 Å². The molecule has 6 aliphatic heterocycles. The molecule has 16 atom stereocenters. The topological polar surface area (TPSA) is 526 Å². The highest BCUT2D eigenvalue weighted by atomic mass is 33.1. The maximum atomic E-state index is 15.4. The minimum atomic E-state index is -2.42. The molecule has 1 spiro atoms. The number of aromatic amines is 2. The number of aliphatic carboxylic acids is 1. The van der Waals surface area contributed by atoms with E-state index in [9.17, 15) is 64.5 Å². The number of amides is 2. The van der Waals surface area contributed by atoms with Gasteiger partial charge in [0.1, 0.15) is 42.6 Å². The van der Waals surface area contributed by atoms with Crippen molar-refractivity contribution < 1.29 is 107 Å². The Balaban J connectivity index is 0.00000162. The molecule has 7 aromatic rings. The number of Topliss-reactive ketones (excluding diaryl/α,β-unsaturated/α-hetero) is 3. The first-order valence-corrected chi connectivity index (χ1v) is 44.4. The number of fused-ring (bicyclic) bond motifs is 7. The van der Waals surface area contributed by atoms with Crippen LogP contribution in [0.15, 0.2) is 90.0 Å². The highest BCUT2D eigenvalue weighted by Gasteiger charge is 2.78. The summed E-state index contributed by atoms with van der Waals surface area (Å²) in [6.07, 6.45) is 4.34. The van der Waals surface area contributed by atoms with Crippen LogP contribution in [0.5, 0.6) is 5.75 Å². The molecule has 38 heteroatoms. The minimum absolute atomic E-state index is 0.00664. The second kappa shape index (κ2) is 41.8. The van der Waals surface area contributed by atoms with Gasteiger partial charge in [0.15, 0.2) is 40.2 Å². The zero-order valence-electron chi connectivity index (χ0n) is 70.5. The van der Waals surface area contributed by atoms with Gasteiger partial charge in [0, 0.05) is 145 Å². The van der Waals surface area contributed by atoms with Gasteiger partial charge in [-0.3, -0.25) is 38.5 Å². The molecule has 0 radical (unpaired) electrons. The Bertz CT molecular complexity index is 5220. The predicted molar refractivity (Wildman–Crippen MR) is 450 cm³/mol. The van der Waals surface area contributed by atoms with Gasteiger partial charge in [0.25, 0.3) is 5.56 Å². The summed E-state index contributed by atoms with van der Waals surface area (Å²) in [7, 11) is 6.43. The van der Waals surface area contributed by atoms with Crippen LogP contribution in [0.2, 0.25) is 0 Å². The van der Waals surface area contributed by atoms with E-state index in [1.807, 2.05) is 43.2 Å². The fourth-order valence-electron chi connectivity index (χ4n) is 20.2. The van der Waals surface area contributed by atoms with Gasteiger partial charge in [0.2, 0.25) is 5.91 Å². The summed E-state index contributed by atoms with van der Waals surface area (Å²) in [6.45, 7) is 11.1. The molecule has 7 aliphatic rings. The van der Waals surface area contributed by atoms with Crippen molar-refractivity contribution in [2.45, 2.75) is 220 Å². The zero-order chi connectivity index (χ0) is 90.3. The third-order valence-corrected chi connectivity index (χ3v) is 28.2. The van der Waals surface area contributed by atoms with Gasteiger partial charge in [-0.25, -0.2) is 24.5 Å². The van der Waals surface area contributed by atoms with Crippen LogP contribution < -0.4 is 25.8 Å². The van der Waals surface area contributed by atoms with E-state index in [-0.39, 0.29) is 104 Å². The number of nitrogens with one attached hydrogen (secondary N) is 4. The van der Waals surface area contributed by atoms with E-state index in [1.165, 1.54) is 31.8 Å². The molecule has 36 nitrogen and oxygen atoms in total. The molecule has 1 aliphatic carbocycles. The van der Waals surface area contributed by atoms with E-state index in [0.29, 0.717) is 130 Å². The average Bonchev–Trinajstić information content (AvgIpc) is 1.49. The molecule has 10 heterocycles. The van der Waals surface area contributed by atoms with Crippen LogP contribution in [-0.4, -0.2) is 277 Å². The van der Waals surface area contributed by atoms with Gasteiger partial charge < -0.3 is 75.5 Å². The number of piperidine rings is 1. The summed E-state index contributed by atoms with van der Waals surface area (Å²) in [5.74, 6) is -0.920. The van der Waals surface area contributed by atoms with Crippen molar-refractivity contribution in [2.75, 3.05) is 76.4 Å². The third-order valence-electron chi connectivity index (χ3n) is 25.8. The summed E-state index contributed by atoms with van der Waals surface area (Å²) < 4.78 is 19.0. The molecule has 3 saturated heterocycles. The van der Waals surface area contributed by atoms with Crippen LogP contribution in [0.25, 0.3) is 22.1 Å². The Labute approximate surface area is 727 Å². The van der Waals surface area contributed by atoms with Crippen molar-refractivity contribution >= 4 is 103 Å². The molecule has 14 rings (SSSR count). The first kappa shape index (κ1) is 95.3. The van der Waals surface area contributed by atoms with E-state index in [0.717, 1.165) is 58.5 Å². The highest BCUT2D eigenvalue weighted by Crippen LogP contribution is 2.68. The number of para-hydroxylation sites is 1. The molecular formula is C87H107N13O23S2. The maximum absolute atomic E-state index is 15.4. The molecule has 2 amide bonds. The van der Waals surface area contributed by atoms with E-state index in [4.69, 9.17) is 43.0 Å². The SMILES string of the molecule is CC[C@]1(O)CC2CN(CCc3c([nH]c4ccccc34)[C@@](C)(c3cc4c(cc3OC)N(C)[C@H]3[C@@](O)(C(=O)CNC(=O)OCCSSCCCC(=O)[C@H](Cc5cn(CCCC6OC(C(=O)O)C(O)[C@H](O)[C@@H]6O)nn5)NC(=O)CCCCC(=O)c5ccc(CCc6cnc7nc(C)[nH]c(=O)c7n6)cc5)[C@H](O)[C@]5(CC)C=CCN6CC[C@]43[C@@H]65)C2)C1.O=C=O.O=C=O.O=C=O. The van der Waals surface area contributed by atoms with Crippen LogP contribution in [0.3, 0.4) is 0 Å². The number of carbonyl (C=O) groups is 6. The molecule has 3 aromatic carbocycles. The highest BCUT2D eigenvalue weighted by molar-refractivity contribution is 8.76. The number of unbranched alkanes of at least 4 members (excludes halogenated alkanes) is 1. The Hall–Kier alpha value is -10.4. The summed E-state index contributed by atoms with van der Waals surface area (Å²) in [6, 6.07) is 17.7. The van der Waals surface area contributed by atoms with Gasteiger partial charge in [-0.05, 0) is 139 Å². The van der Waals surface area contributed by atoms with Crippen LogP contribution in [0, 0.1) is 18.3 Å². The van der Waals surface area contributed by atoms with Crippen LogP contribution in [0.1, 0.15) is 160 Å². The summed E-state index contributed by atoms with van der Waals surface area (Å²) in [5.41, 5.74) is 2.75. The van der Waals surface area contributed by atoms with Gasteiger partial charge in [-0.2, -0.15) is 28.8 Å². The number of benzene rings is 3. The molecule has 5 unspecified atom stereocenters. The third kappa shape index (κ3) is 20.4. The monoisotopic (exact) mass is 1770 g/mol. The number of aliphatic hydroxyl groups excluding tert-OH is 4. The Morgan fingerprint density at radius 1 is 0.816 bits per heavy atom. The molecule has 1 saturated carbocycles. The number of rotatable bonds is 33. The second-order valence-corrected chi connectivity index (χ2v) is 36.0. The van der Waals surface area contributed by atoms with Gasteiger partial charge in [-0.1, -0.05) is 95.3 Å². The standard InChI is InChI=1S/C84H107N13O17S2.3CO2/c1-7-81(110)42-50-41-80(4,72-55(28-33-95(45-50)47-81)54-16-9-10-17-58(54)91-72)57-39-56-60(40-64(57)112-6)94(5)77-83(56)30-34-96-31-15-29-82(8-2,76(83)96)78(108)84(77,111)65(100)44-86-79(109)113-35-37-116-115-36-14-19-62(99)59(38-53-46-97(93-92-53)32-13-20-63-68(102)69(103)70(104)71(114-63)75(106)107)90-66(101)21-12-11-18-61(98)51-25-22-49(23-26-51)24-27-52-43-85-73-67(89-52)74(105)88-48(3)87-73;3*2-1-3/h9-10,15-17,22-23,25-26,29,39-40,43,46,50,59,63,68-71,76-78,91,102-104,108,110-111H,7-8,11-14,18-21,24,27-28,30-38,41-42,44-45,47H2,1-6H3,(H,86,109)(H,90,101)(H,106,107)(H,85,87,88,105);;;/t50?,59-,63?,68+,69+,70?,71?,76-,77+,78+,80+,81-,82+,83+,84-;;;/m0.../s1. The second-order valence-electron chi connectivity index (χ2n) is 33.3. The van der Waals surface area contributed by atoms with Crippen molar-refractivity contribution in [3.8, 4) is 5.75 Å². The Kier molecular flexibility index (Phi) is 31.9. The summed E-state index contributed by atoms with van der Waals surface area (Å²) >= 11 is 0. The fourth-order valence-corrected chi connectivity index (χ4v) is 22.1. The number of nitrogens with zero attached hydrogens (tertiary/aromatic N) is 9. The van der Waals surface area contributed by atoms with Crippen molar-refractivity contribution in [3.63, 3.8) is 0 Å². The predicted octanol–water partition coefficient (Wildman–Crippen LogP) is 3.97. The average molecular weight is 1770 g/mol. The normalized spacial score (nSPS) is 27.0. The number of H-pyrrole nitrogens is 2. The lowest BCUT2D eigenvalue weighted by molar-refractivity contribution is -0.228. The van der Waals surface area contributed by atoms with Crippen molar-refractivity contribution in [1.82, 2.24) is 60.3 Å². The number of aliphatic hydroxyl groups is 6. The maximum Gasteiger partial charge on any atom is 0.407 e. The first-order valence-electron chi connectivity index (χ1n) is 41.9. The van der Waals surface area contributed by atoms with Gasteiger partial charge in [-0.15, -0.1) is 5.10 Å². The Morgan fingerprint density at radius 2 is 1.54 bits per heavy atom. The number of aryl methyl sites for hydroxylation is 4. The fraction of sp³-hybridized carbons (Fsp3) is 0.552. The van der Waals surface area contributed by atoms with E-state index in [2.05, 4.69) is 106 Å². The molecular weight excluding hydrogens is 1660 g/mol.